The Labute approximate surface area is 86.1 Å². The van der Waals surface area contributed by atoms with E-state index in [-0.39, 0.29) is 12.3 Å². The van der Waals surface area contributed by atoms with Gasteiger partial charge in [0.15, 0.2) is 0 Å². The maximum absolute atomic E-state index is 11.6. The monoisotopic (exact) mass is 209 g/mol. The molecule has 1 rings (SSSR count). The summed E-state index contributed by atoms with van der Waals surface area (Å²) in [4.78, 5) is 25.7. The molecule has 0 bridgehead atoms. The molecule has 2 N–H and O–H groups in total. The van der Waals surface area contributed by atoms with Crippen LogP contribution in [0.2, 0.25) is 0 Å². The Hall–Kier alpha value is -1.98. The third-order valence-corrected chi connectivity index (χ3v) is 1.95. The number of rotatable bonds is 4. The predicted octanol–water partition coefficient (Wildman–Crippen LogP) is 0.654. The summed E-state index contributed by atoms with van der Waals surface area (Å²) >= 11 is 0. The molecule has 0 aliphatic heterocycles. The summed E-state index contributed by atoms with van der Waals surface area (Å²) in [5, 5.41) is 15.6. The van der Waals surface area contributed by atoms with E-state index in [1.807, 2.05) is 0 Å². The van der Waals surface area contributed by atoms with Gasteiger partial charge in [-0.3, -0.25) is 14.8 Å². The van der Waals surface area contributed by atoms with Crippen molar-refractivity contribution in [2.24, 2.45) is 5.92 Å². The fourth-order valence-electron chi connectivity index (χ4n) is 1.12. The molecule has 1 aromatic heterocycles. The van der Waals surface area contributed by atoms with Gasteiger partial charge in [0, 0.05) is 24.7 Å². The number of carbonyl (C=O) groups excluding carboxylic acids is 1. The molecule has 0 unspecified atom stereocenters. The van der Waals surface area contributed by atoms with E-state index in [0.717, 1.165) is 0 Å². The maximum Gasteiger partial charge on any atom is 0.349 e. The van der Waals surface area contributed by atoms with Gasteiger partial charge in [-0.1, -0.05) is 6.92 Å². The van der Waals surface area contributed by atoms with Gasteiger partial charge in [-0.15, -0.1) is 0 Å². The van der Waals surface area contributed by atoms with E-state index in [1.54, 1.807) is 6.92 Å². The number of imidazole rings is 1. The molecule has 0 spiro atoms. The van der Waals surface area contributed by atoms with Crippen molar-refractivity contribution >= 4 is 17.6 Å². The Kier molecular flexibility index (Phi) is 3.33. The molecular weight excluding hydrogens is 198 g/mol. The quantitative estimate of drug-likeness (QED) is 0.711. The Balaban J connectivity index is 2.62. The zero-order chi connectivity index (χ0) is 11.4. The highest BCUT2D eigenvalue weighted by Gasteiger charge is 2.19. The van der Waals surface area contributed by atoms with Crippen LogP contribution in [0.4, 0.5) is 0 Å². The summed E-state index contributed by atoms with van der Waals surface area (Å²) < 4.78 is 1.28. The van der Waals surface area contributed by atoms with Crippen LogP contribution < -0.4 is 0 Å². The highest BCUT2D eigenvalue weighted by atomic mass is 16.4. The fourth-order valence-corrected chi connectivity index (χ4v) is 1.12. The van der Waals surface area contributed by atoms with E-state index in [9.17, 15) is 9.59 Å². The van der Waals surface area contributed by atoms with Gasteiger partial charge in [-0.25, -0.2) is 9.78 Å². The van der Waals surface area contributed by atoms with Gasteiger partial charge in [-0.2, -0.15) is 0 Å². The fraction of sp³-hybridized carbons (Fsp3) is 0.333. The van der Waals surface area contributed by atoms with Gasteiger partial charge >= 0.3 is 5.97 Å². The van der Waals surface area contributed by atoms with Gasteiger partial charge in [-0.05, 0) is 0 Å². The van der Waals surface area contributed by atoms with E-state index in [1.165, 1.54) is 23.3 Å². The lowest BCUT2D eigenvalue weighted by atomic mass is 10.0. The number of aliphatic carboxylic acids is 1. The Morgan fingerprint density at radius 3 is 2.73 bits per heavy atom. The largest absolute Gasteiger partial charge is 0.477 e. The standard InChI is InChI=1S/C9H11N3O3/c1-6(4-7(10)9(14)15)8(13)12-3-2-11-5-12/h2-3,5-6,10H,4H2,1H3,(H,14,15)/t6-/m1/s1. The van der Waals surface area contributed by atoms with E-state index >= 15 is 0 Å². The zero-order valence-corrected chi connectivity index (χ0v) is 8.17. The predicted molar refractivity (Wildman–Crippen MR) is 52.0 cm³/mol. The third kappa shape index (κ3) is 2.73. The van der Waals surface area contributed by atoms with Crippen molar-refractivity contribution in [3.05, 3.63) is 18.7 Å². The minimum Gasteiger partial charge on any atom is -0.477 e. The van der Waals surface area contributed by atoms with Crippen LogP contribution in [-0.2, 0) is 4.79 Å². The number of nitrogens with zero attached hydrogens (tertiary/aromatic N) is 2. The van der Waals surface area contributed by atoms with Crippen LogP contribution in [0.1, 0.15) is 18.1 Å². The number of carbonyl (C=O) groups is 2. The Bertz CT molecular complexity index is 383. The van der Waals surface area contributed by atoms with Gasteiger partial charge in [0.05, 0.1) is 0 Å². The first-order valence-electron chi connectivity index (χ1n) is 4.35. The Morgan fingerprint density at radius 1 is 1.60 bits per heavy atom. The molecule has 0 aliphatic rings. The van der Waals surface area contributed by atoms with Crippen molar-refractivity contribution in [1.82, 2.24) is 9.55 Å². The molecule has 0 radical (unpaired) electrons. The topological polar surface area (TPSA) is 96.0 Å². The molecule has 15 heavy (non-hydrogen) atoms. The number of carboxylic acid groups (broad SMARTS) is 1. The summed E-state index contributed by atoms with van der Waals surface area (Å²) in [6.07, 6.45) is 4.23. The summed E-state index contributed by atoms with van der Waals surface area (Å²) in [7, 11) is 0. The average Bonchev–Trinajstić information content (AvgIpc) is 2.68. The van der Waals surface area contributed by atoms with Gasteiger partial charge < -0.3 is 5.11 Å². The highest BCUT2D eigenvalue weighted by molar-refractivity contribution is 6.34. The molecule has 1 aromatic rings. The first-order chi connectivity index (χ1) is 7.02. The normalized spacial score (nSPS) is 12.1. The van der Waals surface area contributed by atoms with Gasteiger partial charge in [0.2, 0.25) is 5.91 Å². The first-order valence-corrected chi connectivity index (χ1v) is 4.35. The van der Waals surface area contributed by atoms with E-state index < -0.39 is 17.6 Å². The zero-order valence-electron chi connectivity index (χ0n) is 8.17. The SMILES string of the molecule is C[C@H](CC(=N)C(=O)O)C(=O)n1ccnc1. The molecule has 0 aliphatic carbocycles. The van der Waals surface area contributed by atoms with Crippen molar-refractivity contribution in [2.45, 2.75) is 13.3 Å². The third-order valence-electron chi connectivity index (χ3n) is 1.95. The lowest BCUT2D eigenvalue weighted by Gasteiger charge is -2.08. The number of carboxylic acids is 1. The second-order valence-corrected chi connectivity index (χ2v) is 3.20. The van der Waals surface area contributed by atoms with Crippen LogP contribution in [0.5, 0.6) is 0 Å². The van der Waals surface area contributed by atoms with Crippen molar-refractivity contribution < 1.29 is 14.7 Å². The lowest BCUT2D eigenvalue weighted by Crippen LogP contribution is -2.23. The highest BCUT2D eigenvalue weighted by Crippen LogP contribution is 2.06. The first kappa shape index (κ1) is 11.1. The number of hydrogen-bond acceptors (Lipinski definition) is 4. The van der Waals surface area contributed by atoms with Crippen LogP contribution >= 0.6 is 0 Å². The van der Waals surface area contributed by atoms with Crippen LogP contribution in [0.25, 0.3) is 0 Å². The second kappa shape index (κ2) is 4.50. The van der Waals surface area contributed by atoms with Gasteiger partial charge in [0.1, 0.15) is 12.0 Å². The minimum absolute atomic E-state index is 0.0770. The molecule has 0 saturated carbocycles. The molecule has 0 fully saturated rings. The van der Waals surface area contributed by atoms with Crippen LogP contribution in [0.15, 0.2) is 18.7 Å². The summed E-state index contributed by atoms with van der Waals surface area (Å²) in [5.74, 6) is -2.10. The smallest absolute Gasteiger partial charge is 0.349 e. The molecule has 6 nitrogen and oxygen atoms in total. The van der Waals surface area contributed by atoms with E-state index in [4.69, 9.17) is 10.5 Å². The van der Waals surface area contributed by atoms with Crippen LogP contribution in [0.3, 0.4) is 0 Å². The van der Waals surface area contributed by atoms with E-state index in [2.05, 4.69) is 4.98 Å². The van der Waals surface area contributed by atoms with Crippen LogP contribution in [0, 0.1) is 11.3 Å². The molecule has 1 atom stereocenters. The maximum atomic E-state index is 11.6. The number of aromatic nitrogens is 2. The molecule has 0 amide bonds. The summed E-state index contributed by atoms with van der Waals surface area (Å²) in [6, 6.07) is 0. The molecule has 80 valence electrons. The lowest BCUT2D eigenvalue weighted by molar-refractivity contribution is -0.129. The molecule has 1 heterocycles. The summed E-state index contributed by atoms with van der Waals surface area (Å²) in [6.45, 7) is 1.58. The minimum atomic E-state index is -1.29. The van der Waals surface area contributed by atoms with Crippen molar-refractivity contribution in [2.75, 3.05) is 0 Å². The van der Waals surface area contributed by atoms with E-state index in [0.29, 0.717) is 0 Å². The molecule has 6 heteroatoms. The van der Waals surface area contributed by atoms with Gasteiger partial charge in [0.25, 0.3) is 0 Å². The average molecular weight is 209 g/mol. The number of nitrogens with one attached hydrogen (secondary N) is 1. The Morgan fingerprint density at radius 2 is 2.27 bits per heavy atom. The number of hydrogen-bond donors (Lipinski definition) is 2. The molecule has 0 aromatic carbocycles. The van der Waals surface area contributed by atoms with Crippen LogP contribution in [-0.4, -0.2) is 32.2 Å². The molecular formula is C9H11N3O3. The second-order valence-electron chi connectivity index (χ2n) is 3.20. The van der Waals surface area contributed by atoms with Crippen molar-refractivity contribution in [3.8, 4) is 0 Å². The van der Waals surface area contributed by atoms with Crippen molar-refractivity contribution in [1.29, 1.82) is 5.41 Å². The molecule has 0 saturated heterocycles. The van der Waals surface area contributed by atoms with Crippen molar-refractivity contribution in [3.63, 3.8) is 0 Å². The summed E-state index contributed by atoms with van der Waals surface area (Å²) in [5.41, 5.74) is -0.462.